The van der Waals surface area contributed by atoms with E-state index in [1.807, 2.05) is 91.0 Å². The van der Waals surface area contributed by atoms with Crippen LogP contribution in [0, 0.1) is 11.3 Å². The zero-order valence-corrected chi connectivity index (χ0v) is 18.8. The van der Waals surface area contributed by atoms with E-state index in [0.717, 1.165) is 22.3 Å². The van der Waals surface area contributed by atoms with Crippen LogP contribution in [-0.2, 0) is 4.57 Å². The van der Waals surface area contributed by atoms with Gasteiger partial charge in [-0.3, -0.25) is 5.32 Å². The fraction of sp³-hybridized carbons (Fsp3) is 0.0741. The van der Waals surface area contributed by atoms with Crippen LogP contribution in [0.2, 0.25) is 0 Å². The van der Waals surface area contributed by atoms with Crippen molar-refractivity contribution in [2.75, 3.05) is 12.8 Å². The Hall–Kier alpha value is -3.84. The average Bonchev–Trinajstić information content (AvgIpc) is 2.86. The number of nitrogens with zero attached hydrogens (tertiary/aromatic N) is 1. The Morgan fingerprint density at radius 3 is 1.42 bits per heavy atom. The molecule has 33 heavy (non-hydrogen) atoms. The van der Waals surface area contributed by atoms with Gasteiger partial charge in [-0.1, -0.05) is 84.9 Å². The van der Waals surface area contributed by atoms with Gasteiger partial charge in [0.1, 0.15) is 17.8 Å². The van der Waals surface area contributed by atoms with Gasteiger partial charge in [-0.25, -0.2) is 4.57 Å². The average molecular weight is 454 g/mol. The maximum absolute atomic E-state index is 13.5. The van der Waals surface area contributed by atoms with Gasteiger partial charge in [0.05, 0.1) is 12.6 Å². The SMILES string of the molecule is N#CCNCP(=O)(Oc1ccc(-c2ccccc2)cc1)Oc1ccc(-c2ccccc2)cc1. The monoisotopic (exact) mass is 454 g/mol. The van der Waals surface area contributed by atoms with Gasteiger partial charge in [-0.2, -0.15) is 5.26 Å². The van der Waals surface area contributed by atoms with Crippen molar-refractivity contribution in [3.05, 3.63) is 109 Å². The van der Waals surface area contributed by atoms with Crippen molar-refractivity contribution in [1.29, 1.82) is 5.26 Å². The zero-order chi connectivity index (χ0) is 22.9. The molecule has 0 aliphatic heterocycles. The number of benzene rings is 4. The first-order valence-corrected chi connectivity index (χ1v) is 12.2. The Kier molecular flexibility index (Phi) is 7.22. The minimum absolute atomic E-state index is 0.0383. The summed E-state index contributed by atoms with van der Waals surface area (Å²) < 4.78 is 25.2. The summed E-state index contributed by atoms with van der Waals surface area (Å²) in [6, 6.07) is 36.6. The Morgan fingerprint density at radius 2 is 1.03 bits per heavy atom. The lowest BCUT2D eigenvalue weighted by Gasteiger charge is -2.20. The number of hydrogen-bond donors (Lipinski definition) is 1. The second-order valence-electron chi connectivity index (χ2n) is 7.32. The lowest BCUT2D eigenvalue weighted by Crippen LogP contribution is -2.20. The summed E-state index contributed by atoms with van der Waals surface area (Å²) in [5.41, 5.74) is 4.21. The standard InChI is InChI=1S/C27H23N2O3P/c28-19-20-29-21-33(30,31-26-15-11-24(12-16-26)22-7-3-1-4-8-22)32-27-17-13-25(14-18-27)23-9-5-2-6-10-23/h1-18,29H,20-21H2. The molecule has 0 spiro atoms. The van der Waals surface area contributed by atoms with Crippen LogP contribution in [-0.4, -0.2) is 12.8 Å². The van der Waals surface area contributed by atoms with Crippen molar-refractivity contribution in [2.45, 2.75) is 0 Å². The van der Waals surface area contributed by atoms with Crippen LogP contribution in [0.3, 0.4) is 0 Å². The van der Waals surface area contributed by atoms with E-state index < -0.39 is 7.60 Å². The molecule has 0 aliphatic carbocycles. The summed E-state index contributed by atoms with van der Waals surface area (Å²) >= 11 is 0. The number of nitrogens with one attached hydrogen (secondary N) is 1. The van der Waals surface area contributed by atoms with Crippen molar-refractivity contribution in [3.63, 3.8) is 0 Å². The minimum Gasteiger partial charge on any atom is -0.415 e. The normalized spacial score (nSPS) is 10.9. The molecule has 0 saturated carbocycles. The third kappa shape index (κ3) is 6.11. The minimum atomic E-state index is -3.63. The molecule has 4 rings (SSSR count). The molecule has 0 heterocycles. The lowest BCUT2D eigenvalue weighted by molar-refractivity contribution is 0.382. The zero-order valence-electron chi connectivity index (χ0n) is 17.9. The predicted octanol–water partition coefficient (Wildman–Crippen LogP) is 6.74. The maximum atomic E-state index is 13.5. The van der Waals surface area contributed by atoms with E-state index in [0.29, 0.717) is 11.5 Å². The largest absolute Gasteiger partial charge is 0.444 e. The van der Waals surface area contributed by atoms with Gasteiger partial charge < -0.3 is 9.05 Å². The molecule has 4 aromatic rings. The highest BCUT2D eigenvalue weighted by Gasteiger charge is 2.28. The lowest BCUT2D eigenvalue weighted by atomic mass is 10.1. The van der Waals surface area contributed by atoms with Crippen molar-refractivity contribution in [1.82, 2.24) is 5.32 Å². The van der Waals surface area contributed by atoms with Crippen LogP contribution in [0.25, 0.3) is 22.3 Å². The Morgan fingerprint density at radius 1 is 0.636 bits per heavy atom. The molecule has 0 atom stereocenters. The van der Waals surface area contributed by atoms with E-state index in [9.17, 15) is 4.57 Å². The Labute approximate surface area is 193 Å². The van der Waals surface area contributed by atoms with Crippen LogP contribution >= 0.6 is 7.60 Å². The number of hydrogen-bond acceptors (Lipinski definition) is 5. The molecule has 6 heteroatoms. The van der Waals surface area contributed by atoms with Gasteiger partial charge in [-0.15, -0.1) is 0 Å². The molecule has 5 nitrogen and oxygen atoms in total. The summed E-state index contributed by atoms with van der Waals surface area (Å²) in [6.45, 7) is 0.0383. The van der Waals surface area contributed by atoms with E-state index in [1.165, 1.54) is 0 Å². The van der Waals surface area contributed by atoms with Gasteiger partial charge >= 0.3 is 7.60 Å². The molecule has 0 bridgehead atoms. The topological polar surface area (TPSA) is 71.4 Å². The number of rotatable bonds is 9. The summed E-state index contributed by atoms with van der Waals surface area (Å²) in [4.78, 5) is 0. The quantitative estimate of drug-likeness (QED) is 0.172. The van der Waals surface area contributed by atoms with Crippen molar-refractivity contribution >= 4 is 7.60 Å². The highest BCUT2D eigenvalue weighted by atomic mass is 31.2. The summed E-state index contributed by atoms with van der Waals surface area (Å²) in [6.07, 6.45) is -0.0958. The summed E-state index contributed by atoms with van der Waals surface area (Å²) in [7, 11) is -3.63. The van der Waals surface area contributed by atoms with Crippen LogP contribution in [0.1, 0.15) is 0 Å². The highest BCUT2D eigenvalue weighted by Crippen LogP contribution is 2.48. The molecular formula is C27H23N2O3P. The van der Waals surface area contributed by atoms with Gasteiger partial charge in [0, 0.05) is 0 Å². The van der Waals surface area contributed by atoms with Crippen molar-refractivity contribution in [2.24, 2.45) is 0 Å². The molecule has 0 unspecified atom stereocenters. The molecule has 0 saturated heterocycles. The van der Waals surface area contributed by atoms with Gasteiger partial charge in [0.25, 0.3) is 0 Å². The first-order valence-electron chi connectivity index (χ1n) is 10.5. The van der Waals surface area contributed by atoms with E-state index in [4.69, 9.17) is 14.3 Å². The summed E-state index contributed by atoms with van der Waals surface area (Å²) in [5.74, 6) is 0.857. The molecule has 0 amide bonds. The molecule has 1 N–H and O–H groups in total. The fourth-order valence-corrected chi connectivity index (χ4v) is 4.77. The van der Waals surface area contributed by atoms with E-state index in [2.05, 4.69) is 5.32 Å². The van der Waals surface area contributed by atoms with Gasteiger partial charge in [0.2, 0.25) is 0 Å². The van der Waals surface area contributed by atoms with Crippen LogP contribution in [0.4, 0.5) is 0 Å². The molecule has 0 aliphatic rings. The van der Waals surface area contributed by atoms with E-state index >= 15 is 0 Å². The third-order valence-electron chi connectivity index (χ3n) is 4.92. The molecule has 0 radical (unpaired) electrons. The molecule has 4 aromatic carbocycles. The molecular weight excluding hydrogens is 431 g/mol. The highest BCUT2D eigenvalue weighted by molar-refractivity contribution is 7.54. The maximum Gasteiger partial charge on any atom is 0.444 e. The Balaban J connectivity index is 1.51. The summed E-state index contributed by atoms with van der Waals surface area (Å²) in [5, 5.41) is 11.7. The predicted molar refractivity (Wildman–Crippen MR) is 131 cm³/mol. The molecule has 0 fully saturated rings. The van der Waals surface area contributed by atoms with Crippen LogP contribution in [0.5, 0.6) is 11.5 Å². The van der Waals surface area contributed by atoms with Gasteiger partial charge in [0.15, 0.2) is 0 Å². The second kappa shape index (κ2) is 10.7. The van der Waals surface area contributed by atoms with Crippen molar-refractivity contribution < 1.29 is 13.6 Å². The van der Waals surface area contributed by atoms with Gasteiger partial charge in [-0.05, 0) is 46.5 Å². The first kappa shape index (κ1) is 22.4. The number of nitriles is 1. The third-order valence-corrected chi connectivity index (χ3v) is 6.51. The van der Waals surface area contributed by atoms with Crippen LogP contribution < -0.4 is 14.4 Å². The molecule has 0 aromatic heterocycles. The van der Waals surface area contributed by atoms with Crippen molar-refractivity contribution in [3.8, 4) is 39.8 Å². The van der Waals surface area contributed by atoms with E-state index in [-0.39, 0.29) is 12.8 Å². The fourth-order valence-electron chi connectivity index (χ4n) is 3.33. The smallest absolute Gasteiger partial charge is 0.415 e. The second-order valence-corrected chi connectivity index (χ2v) is 9.22. The first-order chi connectivity index (χ1) is 16.1. The Bertz CT molecular complexity index is 1160. The van der Waals surface area contributed by atoms with E-state index in [1.54, 1.807) is 24.3 Å². The van der Waals surface area contributed by atoms with Crippen LogP contribution in [0.15, 0.2) is 109 Å². The molecule has 164 valence electrons.